The van der Waals surface area contributed by atoms with Crippen molar-refractivity contribution in [1.82, 2.24) is 0 Å². The number of amidine groups is 1. The maximum Gasteiger partial charge on any atom is 0.149 e. The van der Waals surface area contributed by atoms with E-state index < -0.39 is 0 Å². The number of nitrogens with two attached hydrogens (primary N) is 1. The number of rotatable bonds is 4. The maximum atomic E-state index is 8.87. The van der Waals surface area contributed by atoms with Gasteiger partial charge in [-0.25, -0.2) is 0 Å². The second kappa shape index (κ2) is 6.24. The summed E-state index contributed by atoms with van der Waals surface area (Å²) in [4.78, 5) is 5.46. The molecule has 1 atom stereocenters. The smallest absolute Gasteiger partial charge is 0.149 e. The molecule has 1 aliphatic carbocycles. The zero-order chi connectivity index (χ0) is 13.7. The third-order valence-electron chi connectivity index (χ3n) is 3.57. The minimum absolute atomic E-state index is 0.201. The molecule has 1 fully saturated rings. The van der Waals surface area contributed by atoms with Crippen LogP contribution in [0, 0.1) is 17.2 Å². The summed E-state index contributed by atoms with van der Waals surface area (Å²) in [6.45, 7) is 1.90. The Bertz CT molecular complexity index is 498. The van der Waals surface area contributed by atoms with E-state index >= 15 is 0 Å². The first-order valence-electron chi connectivity index (χ1n) is 6.70. The topological polar surface area (TPSA) is 71.4 Å². The fraction of sp³-hybridized carbons (Fsp3) is 0.467. The number of nitrogens with zero attached hydrogens (tertiary/aromatic N) is 2. The van der Waals surface area contributed by atoms with Crippen LogP contribution in [0.1, 0.15) is 49.8 Å². The van der Waals surface area contributed by atoms with Crippen LogP contribution in [0.3, 0.4) is 0 Å². The van der Waals surface area contributed by atoms with E-state index in [0.29, 0.717) is 17.3 Å². The van der Waals surface area contributed by atoms with Gasteiger partial charge in [0.25, 0.3) is 0 Å². The molecular weight excluding hydrogens is 238 g/mol. The van der Waals surface area contributed by atoms with E-state index in [1.807, 2.05) is 25.1 Å². The second-order valence-electron chi connectivity index (χ2n) is 4.98. The van der Waals surface area contributed by atoms with Gasteiger partial charge in [-0.15, -0.1) is 0 Å². The SMILES string of the molecule is CC(ON=C(N)C1CCCC1)c1cccc(C#N)c1. The predicted octanol–water partition coefficient (Wildman–Crippen LogP) is 3.10. The van der Waals surface area contributed by atoms with E-state index in [4.69, 9.17) is 15.8 Å². The zero-order valence-electron chi connectivity index (χ0n) is 11.2. The van der Waals surface area contributed by atoms with Gasteiger partial charge in [-0.3, -0.25) is 0 Å². The van der Waals surface area contributed by atoms with Crippen LogP contribution in [0.25, 0.3) is 0 Å². The van der Waals surface area contributed by atoms with Crippen molar-refractivity contribution < 1.29 is 4.84 Å². The molecule has 0 aromatic heterocycles. The van der Waals surface area contributed by atoms with Gasteiger partial charge in [0.05, 0.1) is 11.6 Å². The summed E-state index contributed by atoms with van der Waals surface area (Å²) < 4.78 is 0. The van der Waals surface area contributed by atoms with E-state index in [2.05, 4.69) is 11.2 Å². The van der Waals surface area contributed by atoms with Gasteiger partial charge >= 0.3 is 0 Å². The van der Waals surface area contributed by atoms with Crippen LogP contribution in [-0.4, -0.2) is 5.84 Å². The highest BCUT2D eigenvalue weighted by Gasteiger charge is 2.19. The van der Waals surface area contributed by atoms with Crippen molar-refractivity contribution >= 4 is 5.84 Å². The predicted molar refractivity (Wildman–Crippen MR) is 74.2 cm³/mol. The molecule has 0 radical (unpaired) electrons. The van der Waals surface area contributed by atoms with E-state index in [-0.39, 0.29) is 6.10 Å². The molecule has 1 saturated carbocycles. The van der Waals surface area contributed by atoms with E-state index in [0.717, 1.165) is 18.4 Å². The van der Waals surface area contributed by atoms with Crippen molar-refractivity contribution in [1.29, 1.82) is 5.26 Å². The monoisotopic (exact) mass is 257 g/mol. The average Bonchev–Trinajstić information content (AvgIpc) is 2.98. The van der Waals surface area contributed by atoms with Crippen LogP contribution in [0.4, 0.5) is 0 Å². The Morgan fingerprint density at radius 1 is 1.47 bits per heavy atom. The summed E-state index contributed by atoms with van der Waals surface area (Å²) in [6, 6.07) is 9.47. The quantitative estimate of drug-likeness (QED) is 0.512. The Balaban J connectivity index is 1.98. The molecule has 100 valence electrons. The number of hydrogen-bond donors (Lipinski definition) is 1. The van der Waals surface area contributed by atoms with Gasteiger partial charge in [0.1, 0.15) is 11.9 Å². The van der Waals surface area contributed by atoms with Crippen LogP contribution in [-0.2, 0) is 4.84 Å². The fourth-order valence-corrected chi connectivity index (χ4v) is 2.36. The Morgan fingerprint density at radius 3 is 2.89 bits per heavy atom. The van der Waals surface area contributed by atoms with Crippen LogP contribution in [0.2, 0.25) is 0 Å². The van der Waals surface area contributed by atoms with Crippen molar-refractivity contribution in [3.8, 4) is 6.07 Å². The van der Waals surface area contributed by atoms with Crippen LogP contribution < -0.4 is 5.73 Å². The van der Waals surface area contributed by atoms with Crippen molar-refractivity contribution in [2.75, 3.05) is 0 Å². The van der Waals surface area contributed by atoms with Gasteiger partial charge in [-0.1, -0.05) is 30.1 Å². The summed E-state index contributed by atoms with van der Waals surface area (Å²) in [5.74, 6) is 0.971. The first kappa shape index (κ1) is 13.4. The normalized spacial score (nSPS) is 18.0. The molecule has 0 saturated heterocycles. The van der Waals surface area contributed by atoms with Gasteiger partial charge in [0.2, 0.25) is 0 Å². The Labute approximate surface area is 113 Å². The molecular formula is C15H19N3O. The summed E-state index contributed by atoms with van der Waals surface area (Å²) in [7, 11) is 0. The van der Waals surface area contributed by atoms with Crippen LogP contribution in [0.15, 0.2) is 29.4 Å². The third kappa shape index (κ3) is 3.47. The summed E-state index contributed by atoms with van der Waals surface area (Å²) >= 11 is 0. The molecule has 0 heterocycles. The molecule has 0 bridgehead atoms. The summed E-state index contributed by atoms with van der Waals surface area (Å²) in [6.07, 6.45) is 4.46. The molecule has 0 spiro atoms. The molecule has 0 amide bonds. The van der Waals surface area contributed by atoms with Gasteiger partial charge in [-0.2, -0.15) is 5.26 Å². The second-order valence-corrected chi connectivity index (χ2v) is 4.98. The van der Waals surface area contributed by atoms with Gasteiger partial charge < -0.3 is 10.6 Å². The average molecular weight is 257 g/mol. The van der Waals surface area contributed by atoms with Gasteiger partial charge in [0, 0.05) is 5.92 Å². The molecule has 4 nitrogen and oxygen atoms in total. The molecule has 19 heavy (non-hydrogen) atoms. The van der Waals surface area contributed by atoms with Crippen molar-refractivity contribution in [2.45, 2.75) is 38.7 Å². The first-order chi connectivity index (χ1) is 9.20. The van der Waals surface area contributed by atoms with E-state index in [9.17, 15) is 0 Å². The number of benzene rings is 1. The fourth-order valence-electron chi connectivity index (χ4n) is 2.36. The lowest BCUT2D eigenvalue weighted by Crippen LogP contribution is -2.21. The Morgan fingerprint density at radius 2 is 2.21 bits per heavy atom. The highest BCUT2D eigenvalue weighted by Crippen LogP contribution is 2.25. The van der Waals surface area contributed by atoms with Crippen molar-refractivity contribution in [3.05, 3.63) is 35.4 Å². The minimum Gasteiger partial charge on any atom is -0.386 e. The molecule has 1 aliphatic rings. The minimum atomic E-state index is -0.201. The summed E-state index contributed by atoms with van der Waals surface area (Å²) in [5.41, 5.74) is 7.49. The van der Waals surface area contributed by atoms with Gasteiger partial charge in [0.15, 0.2) is 0 Å². The van der Waals surface area contributed by atoms with E-state index in [1.54, 1.807) is 6.07 Å². The molecule has 1 aromatic rings. The standard InChI is InChI=1S/C15H19N3O/c1-11(14-8-4-5-12(9-14)10-16)19-18-15(17)13-6-2-3-7-13/h4-5,8-9,11,13H,2-3,6-7H2,1H3,(H2,17,18). The number of hydrogen-bond acceptors (Lipinski definition) is 3. The first-order valence-corrected chi connectivity index (χ1v) is 6.70. The highest BCUT2D eigenvalue weighted by atomic mass is 16.6. The van der Waals surface area contributed by atoms with Gasteiger partial charge in [-0.05, 0) is 37.5 Å². The Hall–Kier alpha value is -2.02. The van der Waals surface area contributed by atoms with Crippen LogP contribution in [0.5, 0.6) is 0 Å². The number of oxime groups is 1. The zero-order valence-corrected chi connectivity index (χ0v) is 11.2. The third-order valence-corrected chi connectivity index (χ3v) is 3.57. The lowest BCUT2D eigenvalue weighted by Gasteiger charge is -2.13. The number of nitriles is 1. The molecule has 2 rings (SSSR count). The van der Waals surface area contributed by atoms with Crippen LogP contribution >= 0.6 is 0 Å². The molecule has 0 aliphatic heterocycles. The summed E-state index contributed by atoms with van der Waals surface area (Å²) in [5, 5.41) is 12.9. The molecule has 1 unspecified atom stereocenters. The molecule has 1 aromatic carbocycles. The van der Waals surface area contributed by atoms with Crippen molar-refractivity contribution in [2.24, 2.45) is 16.8 Å². The lowest BCUT2D eigenvalue weighted by atomic mass is 10.1. The lowest BCUT2D eigenvalue weighted by molar-refractivity contribution is 0.0707. The Kier molecular flexibility index (Phi) is 4.40. The molecule has 4 heteroatoms. The van der Waals surface area contributed by atoms with E-state index in [1.165, 1.54) is 12.8 Å². The maximum absolute atomic E-state index is 8.87. The highest BCUT2D eigenvalue weighted by molar-refractivity contribution is 5.82. The van der Waals surface area contributed by atoms with Crippen molar-refractivity contribution in [3.63, 3.8) is 0 Å². The largest absolute Gasteiger partial charge is 0.386 e. The molecule has 2 N–H and O–H groups in total.